The molecule has 0 unspecified atom stereocenters. The molecule has 0 spiro atoms. The summed E-state index contributed by atoms with van der Waals surface area (Å²) in [6, 6.07) is 12.1. The molecule has 0 bridgehead atoms. The molecule has 0 amide bonds. The maximum absolute atomic E-state index is 13.4. The van der Waals surface area contributed by atoms with Crippen molar-refractivity contribution in [2.45, 2.75) is 40.3 Å². The third kappa shape index (κ3) is 3.45. The van der Waals surface area contributed by atoms with Gasteiger partial charge in [-0.15, -0.1) is 0 Å². The van der Waals surface area contributed by atoms with Crippen LogP contribution >= 0.6 is 0 Å². The highest BCUT2D eigenvalue weighted by molar-refractivity contribution is 5.71. The molecule has 0 saturated carbocycles. The second-order valence-electron chi connectivity index (χ2n) is 5.65. The smallest absolute Gasteiger partial charge is 0.123 e. The van der Waals surface area contributed by atoms with Gasteiger partial charge in [-0.05, 0) is 59.9 Å². The summed E-state index contributed by atoms with van der Waals surface area (Å²) in [6.45, 7) is 9.05. The number of benzene rings is 2. The molecule has 0 aliphatic heterocycles. The summed E-state index contributed by atoms with van der Waals surface area (Å²) in [5, 5.41) is 3.42. The SMILES string of the molecule is Cc1cc(F)cc(C)c1-c1cccc(CNC(C)C)c1. The minimum Gasteiger partial charge on any atom is -0.310 e. The second kappa shape index (κ2) is 6.19. The third-order valence-corrected chi connectivity index (χ3v) is 3.43. The minimum atomic E-state index is -0.165. The number of nitrogens with one attached hydrogen (secondary N) is 1. The van der Waals surface area contributed by atoms with Crippen LogP contribution in [0.4, 0.5) is 4.39 Å². The normalized spacial score (nSPS) is 11.1. The largest absolute Gasteiger partial charge is 0.310 e. The number of hydrogen-bond donors (Lipinski definition) is 1. The lowest BCUT2D eigenvalue weighted by Crippen LogP contribution is -2.21. The number of hydrogen-bond acceptors (Lipinski definition) is 1. The van der Waals surface area contributed by atoms with Crippen LogP contribution in [0.5, 0.6) is 0 Å². The van der Waals surface area contributed by atoms with Crippen molar-refractivity contribution in [3.63, 3.8) is 0 Å². The fourth-order valence-electron chi connectivity index (χ4n) is 2.52. The predicted octanol–water partition coefficient (Wildman–Crippen LogP) is 4.61. The quantitative estimate of drug-likeness (QED) is 0.856. The lowest BCUT2D eigenvalue weighted by molar-refractivity contribution is 0.589. The van der Waals surface area contributed by atoms with Gasteiger partial charge >= 0.3 is 0 Å². The molecule has 2 aromatic carbocycles. The van der Waals surface area contributed by atoms with E-state index < -0.39 is 0 Å². The van der Waals surface area contributed by atoms with Crippen molar-refractivity contribution < 1.29 is 4.39 Å². The fourth-order valence-corrected chi connectivity index (χ4v) is 2.52. The molecule has 2 heteroatoms. The van der Waals surface area contributed by atoms with Crippen LogP contribution < -0.4 is 5.32 Å². The second-order valence-corrected chi connectivity index (χ2v) is 5.65. The Bertz CT molecular complexity index is 579. The van der Waals surface area contributed by atoms with Gasteiger partial charge in [0.15, 0.2) is 0 Å². The van der Waals surface area contributed by atoms with Gasteiger partial charge in [0.1, 0.15) is 5.82 Å². The zero-order valence-electron chi connectivity index (χ0n) is 12.6. The lowest BCUT2D eigenvalue weighted by Gasteiger charge is -2.13. The summed E-state index contributed by atoms with van der Waals surface area (Å²) < 4.78 is 13.4. The molecule has 0 saturated heterocycles. The van der Waals surface area contributed by atoms with E-state index in [1.54, 1.807) is 12.1 Å². The molecular weight excluding hydrogens is 249 g/mol. The van der Waals surface area contributed by atoms with Crippen molar-refractivity contribution in [1.82, 2.24) is 5.32 Å². The summed E-state index contributed by atoms with van der Waals surface area (Å²) in [6.07, 6.45) is 0. The Hall–Kier alpha value is -1.67. The number of halogens is 1. The summed E-state index contributed by atoms with van der Waals surface area (Å²) in [7, 11) is 0. The average molecular weight is 271 g/mol. The Morgan fingerprint density at radius 3 is 2.30 bits per heavy atom. The molecule has 2 aromatic rings. The van der Waals surface area contributed by atoms with Crippen LogP contribution in [-0.4, -0.2) is 6.04 Å². The van der Waals surface area contributed by atoms with Crippen LogP contribution in [0.1, 0.15) is 30.5 Å². The summed E-state index contributed by atoms with van der Waals surface area (Å²) >= 11 is 0. The predicted molar refractivity (Wildman–Crippen MR) is 83.3 cm³/mol. The first-order chi connectivity index (χ1) is 9.47. The van der Waals surface area contributed by atoms with Gasteiger partial charge in [-0.3, -0.25) is 0 Å². The van der Waals surface area contributed by atoms with Crippen molar-refractivity contribution in [3.05, 3.63) is 58.9 Å². The van der Waals surface area contributed by atoms with E-state index in [0.29, 0.717) is 6.04 Å². The molecule has 106 valence electrons. The van der Waals surface area contributed by atoms with Crippen LogP contribution in [0.2, 0.25) is 0 Å². The van der Waals surface area contributed by atoms with Gasteiger partial charge < -0.3 is 5.32 Å². The molecule has 0 aromatic heterocycles. The molecule has 0 heterocycles. The van der Waals surface area contributed by atoms with Crippen LogP contribution in [-0.2, 0) is 6.54 Å². The third-order valence-electron chi connectivity index (χ3n) is 3.43. The van der Waals surface area contributed by atoms with Crippen LogP contribution in [0.15, 0.2) is 36.4 Å². The molecule has 20 heavy (non-hydrogen) atoms. The Morgan fingerprint density at radius 1 is 1.05 bits per heavy atom. The fraction of sp³-hybridized carbons (Fsp3) is 0.333. The number of aryl methyl sites for hydroxylation is 2. The van der Waals surface area contributed by atoms with E-state index in [1.807, 2.05) is 13.8 Å². The highest BCUT2D eigenvalue weighted by atomic mass is 19.1. The van der Waals surface area contributed by atoms with Gasteiger partial charge in [0.05, 0.1) is 0 Å². The maximum Gasteiger partial charge on any atom is 0.123 e. The standard InChI is InChI=1S/C18H22FN/c1-12(2)20-11-15-6-5-7-16(10-15)18-13(3)8-17(19)9-14(18)4/h5-10,12,20H,11H2,1-4H3. The van der Waals surface area contributed by atoms with E-state index in [-0.39, 0.29) is 5.82 Å². The van der Waals surface area contributed by atoms with Crippen LogP contribution in [0.3, 0.4) is 0 Å². The van der Waals surface area contributed by atoms with Gasteiger partial charge in [-0.2, -0.15) is 0 Å². The Kier molecular flexibility index (Phi) is 4.56. The van der Waals surface area contributed by atoms with E-state index in [9.17, 15) is 4.39 Å². The average Bonchev–Trinajstić information content (AvgIpc) is 2.35. The van der Waals surface area contributed by atoms with E-state index in [1.165, 1.54) is 5.56 Å². The van der Waals surface area contributed by atoms with Crippen molar-refractivity contribution in [2.75, 3.05) is 0 Å². The van der Waals surface area contributed by atoms with Crippen molar-refractivity contribution in [2.24, 2.45) is 0 Å². The van der Waals surface area contributed by atoms with Crippen molar-refractivity contribution >= 4 is 0 Å². The zero-order valence-corrected chi connectivity index (χ0v) is 12.6. The first kappa shape index (κ1) is 14.7. The Morgan fingerprint density at radius 2 is 1.70 bits per heavy atom. The maximum atomic E-state index is 13.4. The van der Waals surface area contributed by atoms with Gasteiger partial charge in [0, 0.05) is 12.6 Å². The van der Waals surface area contributed by atoms with Gasteiger partial charge in [0.2, 0.25) is 0 Å². The van der Waals surface area contributed by atoms with E-state index >= 15 is 0 Å². The first-order valence-electron chi connectivity index (χ1n) is 7.07. The Balaban J connectivity index is 2.36. The molecular formula is C18H22FN. The zero-order chi connectivity index (χ0) is 14.7. The van der Waals surface area contributed by atoms with E-state index in [0.717, 1.165) is 28.8 Å². The molecule has 0 aliphatic rings. The number of rotatable bonds is 4. The highest BCUT2D eigenvalue weighted by Gasteiger charge is 2.08. The molecule has 0 aliphatic carbocycles. The Labute approximate surface area is 120 Å². The van der Waals surface area contributed by atoms with Crippen molar-refractivity contribution in [1.29, 1.82) is 0 Å². The molecule has 1 nitrogen and oxygen atoms in total. The first-order valence-corrected chi connectivity index (χ1v) is 7.07. The molecule has 0 fully saturated rings. The van der Waals surface area contributed by atoms with E-state index in [4.69, 9.17) is 0 Å². The monoisotopic (exact) mass is 271 g/mol. The topological polar surface area (TPSA) is 12.0 Å². The van der Waals surface area contributed by atoms with Gasteiger partial charge in [-0.25, -0.2) is 4.39 Å². The van der Waals surface area contributed by atoms with Crippen LogP contribution in [0.25, 0.3) is 11.1 Å². The van der Waals surface area contributed by atoms with E-state index in [2.05, 4.69) is 43.4 Å². The molecule has 0 radical (unpaired) electrons. The van der Waals surface area contributed by atoms with Crippen LogP contribution in [0, 0.1) is 19.7 Å². The van der Waals surface area contributed by atoms with Gasteiger partial charge in [0.25, 0.3) is 0 Å². The highest BCUT2D eigenvalue weighted by Crippen LogP contribution is 2.28. The molecule has 0 atom stereocenters. The molecule has 1 N–H and O–H groups in total. The van der Waals surface area contributed by atoms with Gasteiger partial charge in [-0.1, -0.05) is 32.0 Å². The minimum absolute atomic E-state index is 0.165. The summed E-state index contributed by atoms with van der Waals surface area (Å²) in [4.78, 5) is 0. The lowest BCUT2D eigenvalue weighted by atomic mass is 9.94. The summed E-state index contributed by atoms with van der Waals surface area (Å²) in [5.74, 6) is -0.165. The summed E-state index contributed by atoms with van der Waals surface area (Å²) in [5.41, 5.74) is 5.51. The van der Waals surface area contributed by atoms with Crippen molar-refractivity contribution in [3.8, 4) is 11.1 Å². The molecule has 2 rings (SSSR count).